The Kier molecular flexibility index (Phi) is 8.86. The molecule has 0 heterocycles. The minimum atomic E-state index is 0.628. The van der Waals surface area contributed by atoms with Crippen LogP contribution in [0.5, 0.6) is 0 Å². The number of hydrogen-bond acceptors (Lipinski definition) is 2. The smallest absolute Gasteiger partial charge is 0.160 e. The van der Waals surface area contributed by atoms with Crippen LogP contribution in [0.3, 0.4) is 0 Å². The van der Waals surface area contributed by atoms with Gasteiger partial charge >= 0.3 is 0 Å². The number of rotatable bonds is 7. The summed E-state index contributed by atoms with van der Waals surface area (Å²) in [6.45, 7) is 6.31. The summed E-state index contributed by atoms with van der Waals surface area (Å²) < 4.78 is 0. The fourth-order valence-electron chi connectivity index (χ4n) is 6.09. The van der Waals surface area contributed by atoms with Gasteiger partial charge in [-0.3, -0.25) is 0 Å². The van der Waals surface area contributed by atoms with Gasteiger partial charge in [0.1, 0.15) is 0 Å². The molecule has 49 heavy (non-hydrogen) atoms. The first kappa shape index (κ1) is 31.0. The molecule has 0 spiro atoms. The average Bonchev–Trinajstić information content (AvgIpc) is 3.18. The molecule has 0 fully saturated rings. The Labute approximate surface area is 287 Å². The van der Waals surface area contributed by atoms with Gasteiger partial charge in [-0.25, -0.2) is 9.98 Å². The second-order valence-corrected chi connectivity index (χ2v) is 11.9. The first-order chi connectivity index (χ1) is 24.1. The molecule has 0 saturated carbocycles. The first-order valence-electron chi connectivity index (χ1n) is 16.2. The number of nitrogens with zero attached hydrogens (tertiary/aromatic N) is 3. The summed E-state index contributed by atoms with van der Waals surface area (Å²) in [6, 6.07) is 60.1. The van der Waals surface area contributed by atoms with Gasteiger partial charge in [0.05, 0.1) is 17.3 Å². The van der Waals surface area contributed by atoms with E-state index >= 15 is 0 Å². The topological polar surface area (TPSA) is 48.5 Å². The lowest BCUT2D eigenvalue weighted by atomic mass is 9.91. The van der Waals surface area contributed by atoms with Gasteiger partial charge in [0.2, 0.25) is 0 Å². The van der Waals surface area contributed by atoms with Crippen LogP contribution in [0.2, 0.25) is 0 Å². The van der Waals surface area contributed by atoms with Gasteiger partial charge in [-0.15, -0.1) is 0 Å². The maximum atomic E-state index is 9.42. The number of nitriles is 1. The van der Waals surface area contributed by atoms with Crippen molar-refractivity contribution in [2.75, 3.05) is 0 Å². The molecule has 7 aromatic rings. The Morgan fingerprint density at radius 1 is 0.490 bits per heavy atom. The Morgan fingerprint density at radius 3 is 1.63 bits per heavy atom. The Hall–Kier alpha value is -6.63. The van der Waals surface area contributed by atoms with Crippen molar-refractivity contribution in [3.05, 3.63) is 199 Å². The van der Waals surface area contributed by atoms with Crippen LogP contribution >= 0.6 is 0 Å². The quantitative estimate of drug-likeness (QED) is 0.128. The molecular weight excluding hydrogens is 595 g/mol. The highest BCUT2D eigenvalue weighted by Gasteiger charge is 2.11. The standard InChI is InChI=1S/C46H33N3/c1-32(35-13-5-3-6-14-35)48-46(40-15-7-4-8-16-40)49-33(2)36-20-22-37(23-21-36)38-24-26-39(27-25-38)42-28-29-43(45-19-10-9-18-44(42)45)41-17-11-12-34(30-41)31-47/h3-30H,2H2,1H3. The molecule has 3 nitrogen and oxygen atoms in total. The van der Waals surface area contributed by atoms with Gasteiger partial charge in [0, 0.05) is 11.3 Å². The molecule has 0 aliphatic heterocycles. The van der Waals surface area contributed by atoms with E-state index in [0.717, 1.165) is 55.6 Å². The number of benzene rings is 7. The summed E-state index contributed by atoms with van der Waals surface area (Å²) in [7, 11) is 0. The average molecular weight is 628 g/mol. The molecule has 232 valence electrons. The first-order valence-corrected chi connectivity index (χ1v) is 16.2. The van der Waals surface area contributed by atoms with E-state index < -0.39 is 0 Å². The molecule has 0 bridgehead atoms. The third kappa shape index (κ3) is 6.76. The van der Waals surface area contributed by atoms with Crippen LogP contribution in [0.4, 0.5) is 0 Å². The third-order valence-electron chi connectivity index (χ3n) is 8.71. The predicted molar refractivity (Wildman–Crippen MR) is 206 cm³/mol. The van der Waals surface area contributed by atoms with Crippen molar-refractivity contribution < 1.29 is 0 Å². The largest absolute Gasteiger partial charge is 0.233 e. The summed E-state index contributed by atoms with van der Waals surface area (Å²) in [5, 5.41) is 11.8. The fraction of sp³-hybridized carbons (Fsp3) is 0.0217. The second kappa shape index (κ2) is 14.0. The van der Waals surface area contributed by atoms with Crippen molar-refractivity contribution in [3.8, 4) is 39.4 Å². The molecule has 0 saturated heterocycles. The molecule has 0 aliphatic rings. The molecule has 3 heteroatoms. The molecule has 0 atom stereocenters. The molecule has 7 rings (SSSR count). The summed E-state index contributed by atoms with van der Waals surface area (Å²) in [6.07, 6.45) is 0. The summed E-state index contributed by atoms with van der Waals surface area (Å²) in [5.74, 6) is 0.628. The third-order valence-corrected chi connectivity index (χ3v) is 8.71. The van der Waals surface area contributed by atoms with Crippen molar-refractivity contribution in [3.63, 3.8) is 0 Å². The number of hydrogen-bond donors (Lipinski definition) is 0. The molecule has 0 radical (unpaired) electrons. The van der Waals surface area contributed by atoms with E-state index in [2.05, 4.69) is 116 Å². The molecule has 0 aliphatic carbocycles. The van der Waals surface area contributed by atoms with Crippen LogP contribution in [0.25, 0.3) is 49.9 Å². The minimum absolute atomic E-state index is 0.628. The van der Waals surface area contributed by atoms with E-state index in [0.29, 0.717) is 17.1 Å². The zero-order chi connectivity index (χ0) is 33.6. The number of amidine groups is 1. The van der Waals surface area contributed by atoms with Crippen molar-refractivity contribution in [1.82, 2.24) is 0 Å². The van der Waals surface area contributed by atoms with E-state index in [9.17, 15) is 5.26 Å². The van der Waals surface area contributed by atoms with Gasteiger partial charge in [-0.1, -0.05) is 164 Å². The Balaban J connectivity index is 1.15. The maximum Gasteiger partial charge on any atom is 0.160 e. The van der Waals surface area contributed by atoms with Crippen LogP contribution in [0, 0.1) is 11.3 Å². The highest BCUT2D eigenvalue weighted by atomic mass is 14.9. The lowest BCUT2D eigenvalue weighted by Crippen LogP contribution is -2.04. The van der Waals surface area contributed by atoms with E-state index in [1.807, 2.05) is 73.7 Å². The van der Waals surface area contributed by atoms with Crippen molar-refractivity contribution in [1.29, 1.82) is 5.26 Å². The SMILES string of the molecule is C=C(N=C(N=C(C)c1ccccc1)c1ccccc1)c1ccc(-c2ccc(-c3ccc(-c4cccc(C#N)c4)c4ccccc34)cc2)cc1. The molecule has 7 aromatic carbocycles. The van der Waals surface area contributed by atoms with Gasteiger partial charge in [-0.05, 0) is 74.3 Å². The summed E-state index contributed by atoms with van der Waals surface area (Å²) >= 11 is 0. The molecule has 0 unspecified atom stereocenters. The van der Waals surface area contributed by atoms with E-state index in [1.54, 1.807) is 0 Å². The zero-order valence-electron chi connectivity index (χ0n) is 27.2. The lowest BCUT2D eigenvalue weighted by molar-refractivity contribution is 1.44. The van der Waals surface area contributed by atoms with Crippen LogP contribution in [-0.2, 0) is 0 Å². The molecule has 0 aromatic heterocycles. The maximum absolute atomic E-state index is 9.42. The molecular formula is C46H33N3. The highest BCUT2D eigenvalue weighted by Crippen LogP contribution is 2.36. The summed E-state index contributed by atoms with van der Waals surface area (Å²) in [5.41, 5.74) is 11.9. The van der Waals surface area contributed by atoms with Crippen LogP contribution < -0.4 is 0 Å². The highest BCUT2D eigenvalue weighted by molar-refractivity contribution is 6.12. The summed E-state index contributed by atoms with van der Waals surface area (Å²) in [4.78, 5) is 9.83. The Morgan fingerprint density at radius 2 is 1.02 bits per heavy atom. The van der Waals surface area contributed by atoms with Crippen LogP contribution in [0.15, 0.2) is 186 Å². The van der Waals surface area contributed by atoms with Crippen LogP contribution in [-0.4, -0.2) is 11.5 Å². The fourth-order valence-corrected chi connectivity index (χ4v) is 6.09. The molecule has 0 amide bonds. The van der Waals surface area contributed by atoms with Crippen molar-refractivity contribution in [2.45, 2.75) is 6.92 Å². The lowest BCUT2D eigenvalue weighted by Gasteiger charge is -2.13. The van der Waals surface area contributed by atoms with E-state index in [4.69, 9.17) is 9.98 Å². The molecule has 0 N–H and O–H groups in total. The van der Waals surface area contributed by atoms with Gasteiger partial charge in [0.25, 0.3) is 0 Å². The van der Waals surface area contributed by atoms with Gasteiger partial charge in [-0.2, -0.15) is 5.26 Å². The predicted octanol–water partition coefficient (Wildman–Crippen LogP) is 11.6. The Bertz CT molecular complexity index is 2380. The van der Waals surface area contributed by atoms with Gasteiger partial charge < -0.3 is 0 Å². The van der Waals surface area contributed by atoms with Gasteiger partial charge in [0.15, 0.2) is 5.84 Å². The van der Waals surface area contributed by atoms with Crippen molar-refractivity contribution >= 4 is 28.0 Å². The second-order valence-electron chi connectivity index (χ2n) is 11.9. The van der Waals surface area contributed by atoms with E-state index in [-0.39, 0.29) is 0 Å². The van der Waals surface area contributed by atoms with Crippen LogP contribution in [0.1, 0.15) is 29.2 Å². The van der Waals surface area contributed by atoms with Crippen molar-refractivity contribution in [2.24, 2.45) is 9.98 Å². The number of aliphatic imine (C=N–C) groups is 2. The van der Waals surface area contributed by atoms with E-state index in [1.165, 1.54) is 10.9 Å². The normalized spacial score (nSPS) is 11.7. The monoisotopic (exact) mass is 627 g/mol. The number of fused-ring (bicyclic) bond motifs is 1. The minimum Gasteiger partial charge on any atom is -0.233 e. The zero-order valence-corrected chi connectivity index (χ0v) is 27.2.